The molecule has 0 spiro atoms. The van der Waals surface area contributed by atoms with Crippen LogP contribution >= 0.6 is 12.4 Å². The van der Waals surface area contributed by atoms with Crippen molar-refractivity contribution in [1.29, 1.82) is 0 Å². The maximum Gasteiger partial charge on any atom is 0.242 e. The Morgan fingerprint density at radius 3 is 2.74 bits per heavy atom. The first-order valence-corrected chi connectivity index (χ1v) is 7.32. The van der Waals surface area contributed by atoms with Crippen molar-refractivity contribution in [1.82, 2.24) is 4.90 Å². The molecule has 0 saturated carbocycles. The molecule has 2 saturated heterocycles. The van der Waals surface area contributed by atoms with Gasteiger partial charge in [0.1, 0.15) is 0 Å². The normalized spacial score (nSPS) is 26.6. The number of halogens is 1. The minimum Gasteiger partial charge on any atom is -0.381 e. The van der Waals surface area contributed by atoms with E-state index in [1.807, 2.05) is 4.90 Å². The van der Waals surface area contributed by atoms with Gasteiger partial charge in [0.25, 0.3) is 0 Å². The second kappa shape index (κ2) is 7.46. The monoisotopic (exact) mass is 290 g/mol. The Hall–Kier alpha value is -0.320. The average Bonchev–Trinajstić information content (AvgIpc) is 2.39. The lowest BCUT2D eigenvalue weighted by Crippen LogP contribution is -2.59. The minimum atomic E-state index is -0.660. The quantitative estimate of drug-likeness (QED) is 0.864. The van der Waals surface area contributed by atoms with Crippen LogP contribution in [0.5, 0.6) is 0 Å². The summed E-state index contributed by atoms with van der Waals surface area (Å²) in [6.45, 7) is 5.25. The molecule has 2 fully saturated rings. The second-order valence-electron chi connectivity index (χ2n) is 5.82. The van der Waals surface area contributed by atoms with E-state index in [1.54, 1.807) is 0 Å². The Kier molecular flexibility index (Phi) is 6.57. The summed E-state index contributed by atoms with van der Waals surface area (Å²) in [5, 5.41) is 0. The maximum absolute atomic E-state index is 12.6. The molecule has 0 aromatic heterocycles. The van der Waals surface area contributed by atoms with E-state index in [0.29, 0.717) is 32.0 Å². The number of ether oxygens (including phenoxy) is 1. The fourth-order valence-corrected chi connectivity index (χ4v) is 3.16. The Morgan fingerprint density at radius 2 is 2.11 bits per heavy atom. The molecular weight excluding hydrogens is 264 g/mol. The Balaban J connectivity index is 0.00000180. The molecule has 0 aromatic carbocycles. The Morgan fingerprint density at radius 1 is 1.42 bits per heavy atom. The number of carbonyl (C=O) groups excluding carboxylic acids is 1. The second-order valence-corrected chi connectivity index (χ2v) is 5.82. The van der Waals surface area contributed by atoms with E-state index in [2.05, 4.69) is 6.92 Å². The van der Waals surface area contributed by atoms with E-state index in [-0.39, 0.29) is 18.3 Å². The molecule has 2 heterocycles. The van der Waals surface area contributed by atoms with Crippen molar-refractivity contribution in [2.75, 3.05) is 26.3 Å². The van der Waals surface area contributed by atoms with Gasteiger partial charge < -0.3 is 15.4 Å². The van der Waals surface area contributed by atoms with Crippen molar-refractivity contribution < 1.29 is 9.53 Å². The lowest BCUT2D eigenvalue weighted by molar-refractivity contribution is -0.142. The zero-order chi connectivity index (χ0) is 13.0. The van der Waals surface area contributed by atoms with Crippen molar-refractivity contribution >= 4 is 18.3 Å². The molecule has 0 bridgehead atoms. The summed E-state index contributed by atoms with van der Waals surface area (Å²) in [5.74, 6) is 0.836. The van der Waals surface area contributed by atoms with Gasteiger partial charge in [0, 0.05) is 26.3 Å². The third-order valence-corrected chi connectivity index (χ3v) is 4.31. The number of amides is 1. The van der Waals surface area contributed by atoms with Crippen LogP contribution in [0.2, 0.25) is 0 Å². The summed E-state index contributed by atoms with van der Waals surface area (Å²) >= 11 is 0. The van der Waals surface area contributed by atoms with Crippen LogP contribution in [0.1, 0.15) is 45.4 Å². The van der Waals surface area contributed by atoms with Crippen LogP contribution < -0.4 is 5.73 Å². The van der Waals surface area contributed by atoms with Gasteiger partial charge in [0.15, 0.2) is 0 Å². The lowest BCUT2D eigenvalue weighted by atomic mass is 9.87. The van der Waals surface area contributed by atoms with Crippen molar-refractivity contribution in [2.45, 2.75) is 51.0 Å². The van der Waals surface area contributed by atoms with Gasteiger partial charge in [-0.2, -0.15) is 0 Å². The minimum absolute atomic E-state index is 0. The van der Waals surface area contributed by atoms with Crippen molar-refractivity contribution in [2.24, 2.45) is 11.7 Å². The molecule has 1 unspecified atom stereocenters. The summed E-state index contributed by atoms with van der Waals surface area (Å²) in [5.41, 5.74) is 5.62. The SMILES string of the molecule is CCCC1CCCN(C(=O)C2(N)CCOCC2)C1.Cl. The molecule has 112 valence electrons. The highest BCUT2D eigenvalue weighted by molar-refractivity contribution is 5.86. The number of piperidine rings is 1. The van der Waals surface area contributed by atoms with Crippen LogP contribution in [0.25, 0.3) is 0 Å². The summed E-state index contributed by atoms with van der Waals surface area (Å²) in [4.78, 5) is 14.6. The lowest BCUT2D eigenvalue weighted by Gasteiger charge is -2.40. The van der Waals surface area contributed by atoms with Gasteiger partial charge >= 0.3 is 0 Å². The van der Waals surface area contributed by atoms with E-state index < -0.39 is 5.54 Å². The zero-order valence-electron chi connectivity index (χ0n) is 11.9. The molecule has 5 heteroatoms. The van der Waals surface area contributed by atoms with Crippen LogP contribution in [-0.2, 0) is 9.53 Å². The van der Waals surface area contributed by atoms with Crippen molar-refractivity contribution in [3.63, 3.8) is 0 Å². The molecule has 1 amide bonds. The summed E-state index contributed by atoms with van der Waals surface area (Å²) < 4.78 is 5.31. The van der Waals surface area contributed by atoms with Crippen LogP contribution in [0, 0.1) is 5.92 Å². The highest BCUT2D eigenvalue weighted by atomic mass is 35.5. The Labute approximate surface area is 122 Å². The first-order chi connectivity index (χ1) is 8.65. The van der Waals surface area contributed by atoms with Crippen LogP contribution in [0.4, 0.5) is 0 Å². The Bertz CT molecular complexity index is 291. The molecule has 1 atom stereocenters. The van der Waals surface area contributed by atoms with Gasteiger partial charge in [0.2, 0.25) is 5.91 Å². The van der Waals surface area contributed by atoms with E-state index >= 15 is 0 Å². The summed E-state index contributed by atoms with van der Waals surface area (Å²) in [6, 6.07) is 0. The van der Waals surface area contributed by atoms with Crippen LogP contribution in [0.15, 0.2) is 0 Å². The molecule has 2 rings (SSSR count). The number of carbonyl (C=O) groups is 1. The predicted octanol–water partition coefficient (Wildman–Crippen LogP) is 1.95. The number of rotatable bonds is 3. The van der Waals surface area contributed by atoms with E-state index in [4.69, 9.17) is 10.5 Å². The molecular formula is C14H27ClN2O2. The largest absolute Gasteiger partial charge is 0.381 e. The van der Waals surface area contributed by atoms with Gasteiger partial charge in [0.05, 0.1) is 5.54 Å². The zero-order valence-corrected chi connectivity index (χ0v) is 12.7. The highest BCUT2D eigenvalue weighted by Gasteiger charge is 2.39. The number of hydrogen-bond donors (Lipinski definition) is 1. The maximum atomic E-state index is 12.6. The van der Waals surface area contributed by atoms with Gasteiger partial charge in [-0.3, -0.25) is 4.79 Å². The fourth-order valence-electron chi connectivity index (χ4n) is 3.16. The van der Waals surface area contributed by atoms with Gasteiger partial charge in [-0.1, -0.05) is 13.3 Å². The first kappa shape index (κ1) is 16.7. The van der Waals surface area contributed by atoms with Gasteiger partial charge in [-0.25, -0.2) is 0 Å². The molecule has 4 nitrogen and oxygen atoms in total. The molecule has 2 aliphatic heterocycles. The van der Waals surface area contributed by atoms with Crippen molar-refractivity contribution in [3.05, 3.63) is 0 Å². The molecule has 2 aliphatic rings. The highest BCUT2D eigenvalue weighted by Crippen LogP contribution is 2.26. The molecule has 0 aliphatic carbocycles. The van der Waals surface area contributed by atoms with E-state index in [9.17, 15) is 4.79 Å². The third-order valence-electron chi connectivity index (χ3n) is 4.31. The average molecular weight is 291 g/mol. The molecule has 19 heavy (non-hydrogen) atoms. The molecule has 0 aromatic rings. The van der Waals surface area contributed by atoms with E-state index in [0.717, 1.165) is 19.5 Å². The topological polar surface area (TPSA) is 55.6 Å². The number of nitrogens with two attached hydrogens (primary N) is 1. The standard InChI is InChI=1S/C14H26N2O2.ClH/c1-2-4-12-5-3-8-16(11-12)13(17)14(15)6-9-18-10-7-14;/h12H,2-11,15H2,1H3;1H. The van der Waals surface area contributed by atoms with Crippen LogP contribution in [-0.4, -0.2) is 42.6 Å². The number of hydrogen-bond acceptors (Lipinski definition) is 3. The molecule has 0 radical (unpaired) electrons. The van der Waals surface area contributed by atoms with Crippen LogP contribution in [0.3, 0.4) is 0 Å². The summed E-state index contributed by atoms with van der Waals surface area (Å²) in [7, 11) is 0. The first-order valence-electron chi connectivity index (χ1n) is 7.32. The molecule has 2 N–H and O–H groups in total. The van der Waals surface area contributed by atoms with Gasteiger partial charge in [-0.05, 0) is 38.0 Å². The summed E-state index contributed by atoms with van der Waals surface area (Å²) in [6.07, 6.45) is 6.15. The fraction of sp³-hybridized carbons (Fsp3) is 0.929. The van der Waals surface area contributed by atoms with Gasteiger partial charge in [-0.15, -0.1) is 12.4 Å². The number of nitrogens with zero attached hydrogens (tertiary/aromatic N) is 1. The number of likely N-dealkylation sites (tertiary alicyclic amines) is 1. The van der Waals surface area contributed by atoms with E-state index in [1.165, 1.54) is 19.3 Å². The predicted molar refractivity (Wildman–Crippen MR) is 78.4 cm³/mol. The van der Waals surface area contributed by atoms with Crippen molar-refractivity contribution in [3.8, 4) is 0 Å². The smallest absolute Gasteiger partial charge is 0.242 e. The third kappa shape index (κ3) is 4.07.